The van der Waals surface area contributed by atoms with E-state index in [2.05, 4.69) is 34.4 Å². The van der Waals surface area contributed by atoms with Crippen LogP contribution in [0.5, 0.6) is 23.0 Å². The van der Waals surface area contributed by atoms with Gasteiger partial charge in [-0.1, -0.05) is 111 Å². The van der Waals surface area contributed by atoms with Crippen molar-refractivity contribution in [1.29, 1.82) is 0 Å². The molecule has 29 heteroatoms. The number of ketones is 1. The number of anilines is 1. The molecule has 8 N–H and O–H groups in total. The van der Waals surface area contributed by atoms with E-state index in [4.69, 9.17) is 33.4 Å². The zero-order valence-electron chi connectivity index (χ0n) is 60.3. The molecule has 0 aromatic heterocycles. The van der Waals surface area contributed by atoms with E-state index in [0.29, 0.717) is 37.4 Å². The second-order valence-electron chi connectivity index (χ2n) is 28.5. The second-order valence-corrected chi connectivity index (χ2v) is 32.9. The van der Waals surface area contributed by atoms with E-state index in [0.717, 1.165) is 23.6 Å². The molecule has 1 saturated heterocycles. The Balaban J connectivity index is 1.15. The summed E-state index contributed by atoms with van der Waals surface area (Å²) in [5.41, 5.74) is -1.32. The maximum Gasteiger partial charge on any atom is 0.335 e. The number of ether oxygens (including phenoxy) is 6. The number of hydrogen-bond acceptors (Lipinski definition) is 21. The number of piperidine rings is 1. The van der Waals surface area contributed by atoms with Gasteiger partial charge in [-0.25, -0.2) is 4.99 Å². The number of rotatable bonds is 19. The number of likely N-dealkylation sites (tertiary alicyclic amines) is 1. The number of nitrogens with one attached hydrogen (secondary N) is 2. The number of aliphatic hydroxyl groups is 1. The van der Waals surface area contributed by atoms with Gasteiger partial charge in [0.05, 0.1) is 35.1 Å². The average molecular weight is 1460 g/mol. The lowest BCUT2D eigenvalue weighted by molar-refractivity contribution is -0.166. The van der Waals surface area contributed by atoms with Crippen molar-refractivity contribution in [3.05, 3.63) is 118 Å². The van der Waals surface area contributed by atoms with Gasteiger partial charge < -0.3 is 78.9 Å². The maximum atomic E-state index is 15.1. The van der Waals surface area contributed by atoms with Gasteiger partial charge in [0.2, 0.25) is 19.2 Å². The Bertz CT molecular complexity index is 4240. The quantitative estimate of drug-likeness (QED) is 0.0199. The van der Waals surface area contributed by atoms with E-state index in [-0.39, 0.29) is 79.1 Å². The van der Waals surface area contributed by atoms with Crippen LogP contribution in [-0.2, 0) is 68.7 Å². The monoisotopic (exact) mass is 1450 g/mol. The minimum atomic E-state index is -5.02. The number of esters is 3. The first kappa shape index (κ1) is 79.6. The summed E-state index contributed by atoms with van der Waals surface area (Å²) in [5.74, 6) is -13.1. The van der Waals surface area contributed by atoms with Gasteiger partial charge in [-0.05, 0) is 49.6 Å². The summed E-state index contributed by atoms with van der Waals surface area (Å²) in [4.78, 5) is 142. The van der Waals surface area contributed by atoms with Crippen molar-refractivity contribution in [3.63, 3.8) is 0 Å². The van der Waals surface area contributed by atoms with Gasteiger partial charge in [0.25, 0.3) is 11.7 Å². The highest BCUT2D eigenvalue weighted by Gasteiger charge is 2.51. The van der Waals surface area contributed by atoms with Gasteiger partial charge in [0.1, 0.15) is 64.3 Å². The molecule has 5 bridgehead atoms. The number of nitrogens with zero attached hydrogens (tertiary/aromatic N) is 4. The zero-order valence-corrected chi connectivity index (χ0v) is 62.1. The molecule has 3 amide bonds. The highest BCUT2D eigenvalue weighted by atomic mass is 31.2. The number of amides is 3. The number of aliphatic hydroxyl groups excluding tert-OH is 1. The number of allylic oxidation sites excluding steroid dienone is 2. The first-order valence-electron chi connectivity index (χ1n) is 34.0. The Morgan fingerprint density at radius 3 is 2.17 bits per heavy atom. The van der Waals surface area contributed by atoms with Gasteiger partial charge in [-0.15, -0.1) is 0 Å². The minimum absolute atomic E-state index is 0.0216. The van der Waals surface area contributed by atoms with Crippen LogP contribution in [0.15, 0.2) is 94.7 Å². The van der Waals surface area contributed by atoms with Gasteiger partial charge in [0, 0.05) is 136 Å². The van der Waals surface area contributed by atoms with Crippen LogP contribution in [-0.4, -0.2) is 169 Å². The van der Waals surface area contributed by atoms with Gasteiger partial charge >= 0.3 is 31.3 Å². The molecule has 0 saturated carbocycles. The van der Waals surface area contributed by atoms with Gasteiger partial charge in [-0.2, -0.15) is 0 Å². The highest BCUT2D eigenvalue weighted by Crippen LogP contribution is 2.55. The normalized spacial score (nSPS) is 25.3. The van der Waals surface area contributed by atoms with Gasteiger partial charge in [-0.3, -0.25) is 47.7 Å². The molecule has 102 heavy (non-hydrogen) atoms. The van der Waals surface area contributed by atoms with Crippen molar-refractivity contribution in [1.82, 2.24) is 15.1 Å². The third-order valence-electron chi connectivity index (χ3n) is 19.4. The predicted octanol–water partition coefficient (Wildman–Crippen LogP) is 7.20. The molecule has 27 nitrogen and oxygen atoms in total. The molecule has 1 unspecified atom stereocenters. The number of phenols is 2. The van der Waals surface area contributed by atoms with E-state index in [1.165, 1.54) is 79.3 Å². The Kier molecular flexibility index (Phi) is 24.8. The van der Waals surface area contributed by atoms with E-state index in [1.54, 1.807) is 78.0 Å². The summed E-state index contributed by atoms with van der Waals surface area (Å²) in [6, 6.07) is 10.8. The molecule has 1 spiro atoms. The molecular weight excluding hydrogens is 1360 g/mol. The van der Waals surface area contributed by atoms with E-state index in [1.807, 2.05) is 0 Å². The fourth-order valence-corrected chi connectivity index (χ4v) is 17.1. The Morgan fingerprint density at radius 2 is 1.55 bits per heavy atom. The number of fused-ring (bicyclic) bond motifs is 13. The summed E-state index contributed by atoms with van der Waals surface area (Å²) in [6.45, 7) is 22.6. The molecule has 1 fully saturated rings. The van der Waals surface area contributed by atoms with E-state index in [9.17, 15) is 67.9 Å². The standard InChI is InChI=1S/C73H96N6O21P2/c1-16-54(82)98-52-26-25-48(101(90,91)38-102(92,93)94)34-49(52)71(11,12)35-53(81)74-50(33-47-23-18-17-19-24-47)70(89)78(14)37-55(83)99-65-40(4)21-20-22-41(5)69(88)75-61-60-59(76-73(77-60)28-30-79(31-29-73)36-39(2)3)56-57(64(61)86)63(85)45(9)67-58(56)68(87)72(13,100-67)96-32-27-51(95-15)42(6)66(97-46(10)80)44(8)62(84)43(65)7/h17-27,32,34,39-40,42-44,50-51,62,65-66,76,84-86H,16,28-31,33,35-38H2,1-15H3,(H,74,81)(H,90,91)(H2,92,93,94)/b21-20+,32-27+,41-22-,75-61?/t40-,42+,43-,44+,50-,51-,62+,65-,66+,72-/m0/s1. The first-order valence-corrected chi connectivity index (χ1v) is 37.7. The van der Waals surface area contributed by atoms with Crippen molar-refractivity contribution in [2.24, 2.45) is 39.6 Å². The Labute approximate surface area is 593 Å². The SMILES string of the molecule is CCC(=O)Oc1ccc(P(=O)(O)CP(=O)(O)O)cc1C(C)(C)CC(=O)N[C@@H](Cc1ccccc1)C(=O)N(C)CC(=O)O[C@@H]1[C@@H](C)[C@@H](O)[C@@H](C)[C@H](OC(C)=O)[C@H](C)[C@@H](OC)/C=C/O[C@@]2(C)Oc3c(C)c(O)c4c(O)c(c5c(c4c3C2=O)NC2(CCN(CC(C)C)CC2)N=5)=NC(=O)/C(C)=C\C=C\[C@@H]1C. The van der Waals surface area contributed by atoms with E-state index < -0.39 is 158 Å². The number of carbonyl (C=O) groups is 7. The van der Waals surface area contributed by atoms with Crippen LogP contribution in [0.3, 0.4) is 0 Å². The van der Waals surface area contributed by atoms with E-state index >= 15 is 4.79 Å². The number of carbonyl (C=O) groups excluding carboxylic acids is 7. The lowest BCUT2D eigenvalue weighted by atomic mass is 9.78. The molecule has 0 radical (unpaired) electrons. The molecule has 5 aliphatic rings. The topological polar surface area (TPSA) is 386 Å². The molecule has 554 valence electrons. The maximum absolute atomic E-state index is 15.1. The van der Waals surface area contributed by atoms with Crippen molar-refractivity contribution in [3.8, 4) is 23.0 Å². The Hall–Kier alpha value is -8.13. The first-order chi connectivity index (χ1) is 47.6. The average Bonchev–Trinajstić information content (AvgIpc) is 1.52. The van der Waals surface area contributed by atoms with Crippen LogP contribution < -0.4 is 36.1 Å². The zero-order chi connectivity index (χ0) is 75.5. The molecular formula is C73H96N6O21P2. The minimum Gasteiger partial charge on any atom is -0.507 e. The van der Waals surface area contributed by atoms with Crippen LogP contribution in [0, 0.1) is 36.5 Å². The highest BCUT2D eigenvalue weighted by molar-refractivity contribution is 7.77. The molecule has 0 aliphatic carbocycles. The summed E-state index contributed by atoms with van der Waals surface area (Å²) < 4.78 is 61.7. The molecule has 11 atom stereocenters. The second kappa shape index (κ2) is 31.9. The summed E-state index contributed by atoms with van der Waals surface area (Å²) in [5, 5.41) is 42.8. The van der Waals surface area contributed by atoms with Crippen LogP contribution in [0.1, 0.15) is 136 Å². The van der Waals surface area contributed by atoms with Crippen LogP contribution in [0.4, 0.5) is 5.69 Å². The molecule has 9 rings (SSSR count). The fraction of sp³-hybridized carbons (Fsp3) is 0.521. The number of Topliss-reactive ketones (excluding diaryl/α,β-unsaturated/α-hetero) is 1. The largest absolute Gasteiger partial charge is 0.507 e. The molecule has 4 aromatic carbocycles. The van der Waals surface area contributed by atoms with Crippen LogP contribution in [0.25, 0.3) is 10.8 Å². The molecule has 4 aromatic rings. The van der Waals surface area contributed by atoms with Gasteiger partial charge in [0.15, 0.2) is 5.75 Å². The van der Waals surface area contributed by atoms with Crippen LogP contribution >= 0.6 is 15.0 Å². The van der Waals surface area contributed by atoms with Crippen molar-refractivity contribution < 1.29 is 101 Å². The van der Waals surface area contributed by atoms with Crippen molar-refractivity contribution in [2.75, 3.05) is 51.6 Å². The summed E-state index contributed by atoms with van der Waals surface area (Å²) >= 11 is 0. The lowest BCUT2D eigenvalue weighted by Gasteiger charge is -2.39. The number of likely N-dealkylation sites (N-methyl/N-ethyl adjacent to an activating group) is 1. The number of hydrogen-bond donors (Lipinski definition) is 8. The fourth-order valence-electron chi connectivity index (χ4n) is 13.8. The summed E-state index contributed by atoms with van der Waals surface area (Å²) in [7, 11) is -7.03. The van der Waals surface area contributed by atoms with Crippen molar-refractivity contribution >= 4 is 78.1 Å². The Morgan fingerprint density at radius 1 is 0.892 bits per heavy atom. The number of benzene rings is 4. The third kappa shape index (κ3) is 17.9. The predicted molar refractivity (Wildman–Crippen MR) is 378 cm³/mol. The number of methoxy groups -OCH3 is 1. The molecule has 5 heterocycles. The summed E-state index contributed by atoms with van der Waals surface area (Å²) in [6.07, 6.45) is 2.90. The molecule has 5 aliphatic heterocycles. The lowest BCUT2D eigenvalue weighted by Crippen LogP contribution is -2.51. The van der Waals surface area contributed by atoms with Crippen LogP contribution in [0.2, 0.25) is 0 Å². The van der Waals surface area contributed by atoms with Crippen molar-refractivity contribution in [2.45, 2.75) is 169 Å². The number of aromatic hydroxyl groups is 2. The smallest absolute Gasteiger partial charge is 0.335 e. The third-order valence-corrected chi connectivity index (χ3v) is 23.5. The number of phenolic OH excluding ortho intramolecular Hbond substituents is 2.